The maximum atomic E-state index is 12.1. The molecule has 164 valence electrons. The van der Waals surface area contributed by atoms with E-state index in [-0.39, 0.29) is 46.8 Å². The first kappa shape index (κ1) is 21.1. The first-order chi connectivity index (χ1) is 13.4. The second-order valence-electron chi connectivity index (χ2n) is 11.6. The van der Waals surface area contributed by atoms with E-state index in [9.17, 15) is 14.7 Å². The van der Waals surface area contributed by atoms with Crippen molar-refractivity contribution in [3.63, 3.8) is 0 Å². The third kappa shape index (κ3) is 3.14. The number of fused-ring (bicyclic) bond motifs is 3. The summed E-state index contributed by atoms with van der Waals surface area (Å²) in [6, 6.07) is 0. The number of carbonyl (C=O) groups excluding carboxylic acids is 2. The van der Waals surface area contributed by atoms with Crippen LogP contribution in [0, 0.1) is 34.0 Å². The molecule has 0 saturated heterocycles. The molecule has 1 spiro atoms. The van der Waals surface area contributed by atoms with Crippen molar-refractivity contribution in [2.24, 2.45) is 34.0 Å². The normalized spacial score (nSPS) is 47.7. The van der Waals surface area contributed by atoms with Crippen molar-refractivity contribution in [1.82, 2.24) is 0 Å². The van der Waals surface area contributed by atoms with Gasteiger partial charge in [0.1, 0.15) is 18.3 Å². The number of hydrogen-bond acceptors (Lipinski definition) is 5. The highest BCUT2D eigenvalue weighted by Gasteiger charge is 2.71. The van der Waals surface area contributed by atoms with E-state index in [0.717, 1.165) is 25.7 Å². The van der Waals surface area contributed by atoms with Crippen LogP contribution in [0.4, 0.5) is 0 Å². The van der Waals surface area contributed by atoms with Crippen LogP contribution in [0.25, 0.3) is 0 Å². The molecule has 0 aromatic rings. The molecular weight excluding hydrogens is 368 g/mol. The van der Waals surface area contributed by atoms with Gasteiger partial charge in [-0.15, -0.1) is 0 Å². The molecule has 7 atom stereocenters. The molecule has 0 aromatic carbocycles. The second kappa shape index (κ2) is 6.70. The molecule has 4 saturated carbocycles. The van der Waals surface area contributed by atoms with Crippen molar-refractivity contribution >= 4 is 11.9 Å². The molecule has 0 radical (unpaired) electrons. The number of carbonyl (C=O) groups is 2. The quantitative estimate of drug-likeness (QED) is 0.709. The molecule has 0 heterocycles. The van der Waals surface area contributed by atoms with E-state index in [0.29, 0.717) is 18.3 Å². The van der Waals surface area contributed by atoms with E-state index in [1.165, 1.54) is 33.1 Å². The van der Waals surface area contributed by atoms with E-state index in [2.05, 4.69) is 20.8 Å². The average Bonchev–Trinajstić information content (AvgIpc) is 2.82. The minimum atomic E-state index is -1.01. The standard InChI is InChI=1S/C24H38O5/c1-15(25)28-14-24(27)13-23-12-17(24)7-8-18(23)22(5)10-6-9-21(3,4)19(22)11-20(23)29-16(2)26/h17-20,27H,6-14H2,1-5H3/t17-,18+,19-,20+,22+,23-,24+/m1/s1. The van der Waals surface area contributed by atoms with Crippen molar-refractivity contribution in [3.05, 3.63) is 0 Å². The Morgan fingerprint density at radius 2 is 1.76 bits per heavy atom. The van der Waals surface area contributed by atoms with Gasteiger partial charge in [0.15, 0.2) is 0 Å². The fourth-order valence-corrected chi connectivity index (χ4v) is 8.56. The molecular formula is C24H38O5. The molecule has 5 nitrogen and oxygen atoms in total. The maximum absolute atomic E-state index is 12.1. The molecule has 4 aliphatic carbocycles. The number of hydrogen-bond donors (Lipinski definition) is 1. The number of rotatable bonds is 3. The second-order valence-corrected chi connectivity index (χ2v) is 11.6. The van der Waals surface area contributed by atoms with Gasteiger partial charge in [0, 0.05) is 19.3 Å². The van der Waals surface area contributed by atoms with Gasteiger partial charge in [0.05, 0.1) is 0 Å². The van der Waals surface area contributed by atoms with Gasteiger partial charge in [0.25, 0.3) is 0 Å². The third-order valence-corrected chi connectivity index (χ3v) is 9.52. The Bertz CT molecular complexity index is 701. The van der Waals surface area contributed by atoms with Gasteiger partial charge in [-0.1, -0.05) is 27.2 Å². The lowest BCUT2D eigenvalue weighted by atomic mass is 9.40. The molecule has 0 unspecified atom stereocenters. The van der Waals surface area contributed by atoms with Gasteiger partial charge in [-0.05, 0) is 73.5 Å². The van der Waals surface area contributed by atoms with Crippen LogP contribution < -0.4 is 0 Å². The summed E-state index contributed by atoms with van der Waals surface area (Å²) in [7, 11) is 0. The minimum Gasteiger partial charge on any atom is -0.463 e. The van der Waals surface area contributed by atoms with E-state index in [4.69, 9.17) is 9.47 Å². The van der Waals surface area contributed by atoms with E-state index >= 15 is 0 Å². The molecule has 0 amide bonds. The summed E-state index contributed by atoms with van der Waals surface area (Å²) in [4.78, 5) is 23.5. The topological polar surface area (TPSA) is 72.8 Å². The van der Waals surface area contributed by atoms with Crippen LogP contribution in [0.3, 0.4) is 0 Å². The van der Waals surface area contributed by atoms with Crippen LogP contribution in [0.15, 0.2) is 0 Å². The Balaban J connectivity index is 1.74. The zero-order chi connectivity index (χ0) is 21.2. The summed E-state index contributed by atoms with van der Waals surface area (Å²) in [6.07, 6.45) is 7.87. The fourth-order valence-electron chi connectivity index (χ4n) is 8.56. The van der Waals surface area contributed by atoms with E-state index < -0.39 is 5.60 Å². The summed E-state index contributed by atoms with van der Waals surface area (Å²) < 4.78 is 11.3. The van der Waals surface area contributed by atoms with Gasteiger partial charge in [-0.2, -0.15) is 0 Å². The molecule has 29 heavy (non-hydrogen) atoms. The highest BCUT2D eigenvalue weighted by atomic mass is 16.5. The van der Waals surface area contributed by atoms with Gasteiger partial charge in [-0.3, -0.25) is 9.59 Å². The van der Waals surface area contributed by atoms with Crippen molar-refractivity contribution < 1.29 is 24.2 Å². The monoisotopic (exact) mass is 406 g/mol. The fraction of sp³-hybridized carbons (Fsp3) is 0.917. The van der Waals surface area contributed by atoms with Crippen LogP contribution in [0.2, 0.25) is 0 Å². The van der Waals surface area contributed by atoms with Crippen LogP contribution >= 0.6 is 0 Å². The SMILES string of the molecule is CC(=O)OC[C@@]1(O)C[C@]23C[C@H]1CC[C@H]2[C@]1(C)CCCC(C)(C)[C@H]1C[C@@H]3OC(C)=O. The molecule has 1 N–H and O–H groups in total. The molecule has 0 aliphatic heterocycles. The maximum Gasteiger partial charge on any atom is 0.302 e. The largest absolute Gasteiger partial charge is 0.463 e. The van der Waals surface area contributed by atoms with Crippen LogP contribution in [0.1, 0.15) is 86.0 Å². The Hall–Kier alpha value is -1.10. The summed E-state index contributed by atoms with van der Waals surface area (Å²) >= 11 is 0. The number of aliphatic hydroxyl groups is 1. The number of ether oxygens (including phenoxy) is 2. The average molecular weight is 407 g/mol. The summed E-state index contributed by atoms with van der Waals surface area (Å²) in [6.45, 7) is 10.2. The predicted octanol–water partition coefficient (Wildman–Crippen LogP) is 4.26. The summed E-state index contributed by atoms with van der Waals surface area (Å²) in [5.74, 6) is 0.476. The van der Waals surface area contributed by atoms with E-state index in [1.807, 2.05) is 0 Å². The number of esters is 2. The highest BCUT2D eigenvalue weighted by molar-refractivity contribution is 5.66. The predicted molar refractivity (Wildman–Crippen MR) is 109 cm³/mol. The highest BCUT2D eigenvalue weighted by Crippen LogP contribution is 2.73. The summed E-state index contributed by atoms with van der Waals surface area (Å²) in [5, 5.41) is 11.6. The van der Waals surface area contributed by atoms with Gasteiger partial charge in [0.2, 0.25) is 0 Å². The lowest BCUT2D eigenvalue weighted by Gasteiger charge is -2.65. The molecule has 0 aromatic heterocycles. The zero-order valence-electron chi connectivity index (χ0n) is 18.8. The Morgan fingerprint density at radius 1 is 1.03 bits per heavy atom. The zero-order valence-corrected chi connectivity index (χ0v) is 18.8. The van der Waals surface area contributed by atoms with Crippen LogP contribution in [0.5, 0.6) is 0 Å². The van der Waals surface area contributed by atoms with Gasteiger partial charge >= 0.3 is 11.9 Å². The first-order valence-electron chi connectivity index (χ1n) is 11.5. The molecule has 5 heteroatoms. The molecule has 4 rings (SSSR count). The smallest absolute Gasteiger partial charge is 0.302 e. The Labute approximate surface area is 174 Å². The van der Waals surface area contributed by atoms with Crippen molar-refractivity contribution in [3.8, 4) is 0 Å². The van der Waals surface area contributed by atoms with Crippen molar-refractivity contribution in [2.45, 2.75) is 97.7 Å². The first-order valence-corrected chi connectivity index (χ1v) is 11.5. The minimum absolute atomic E-state index is 0.0555. The van der Waals surface area contributed by atoms with Crippen LogP contribution in [-0.2, 0) is 19.1 Å². The van der Waals surface area contributed by atoms with Crippen molar-refractivity contribution in [2.75, 3.05) is 6.61 Å². The lowest BCUT2D eigenvalue weighted by Crippen LogP contribution is -2.61. The third-order valence-electron chi connectivity index (χ3n) is 9.52. The van der Waals surface area contributed by atoms with E-state index in [1.54, 1.807) is 0 Å². The molecule has 4 aliphatic rings. The van der Waals surface area contributed by atoms with Crippen molar-refractivity contribution in [1.29, 1.82) is 0 Å². The summed E-state index contributed by atoms with van der Waals surface area (Å²) in [5.41, 5.74) is -0.777. The molecule has 4 fully saturated rings. The van der Waals surface area contributed by atoms with Crippen LogP contribution in [-0.4, -0.2) is 35.4 Å². The van der Waals surface area contributed by atoms with Gasteiger partial charge in [-0.25, -0.2) is 0 Å². The lowest BCUT2D eigenvalue weighted by molar-refractivity contribution is -0.213. The Morgan fingerprint density at radius 3 is 2.41 bits per heavy atom. The molecule has 2 bridgehead atoms. The Kier molecular flexibility index (Phi) is 4.88. The van der Waals surface area contributed by atoms with Gasteiger partial charge < -0.3 is 14.6 Å².